The molecule has 106 valence electrons. The lowest BCUT2D eigenvalue weighted by Gasteiger charge is -2.02. The summed E-state index contributed by atoms with van der Waals surface area (Å²) in [6.45, 7) is 0. The zero-order chi connectivity index (χ0) is 15.0. The first kappa shape index (κ1) is 12.9. The largest absolute Gasteiger partial charge is 0.433 e. The molecule has 0 aliphatic heterocycles. The van der Waals surface area contributed by atoms with E-state index in [1.165, 1.54) is 6.07 Å². The molecule has 0 aliphatic rings. The predicted octanol–water partition coefficient (Wildman–Crippen LogP) is 2.29. The average Bonchev–Trinajstić information content (AvgIpc) is 3.06. The van der Waals surface area contributed by atoms with Crippen LogP contribution in [0.15, 0.2) is 41.1 Å². The molecule has 0 aliphatic carbocycles. The fraction of sp³-hybridized carbons (Fsp3) is 0.0769. The Labute approximate surface area is 117 Å². The molecule has 3 aromatic rings. The van der Waals surface area contributed by atoms with Gasteiger partial charge in [0.1, 0.15) is 10.7 Å². The van der Waals surface area contributed by atoms with Crippen LogP contribution in [0.4, 0.5) is 5.88 Å². The zero-order valence-electron chi connectivity index (χ0n) is 10.8. The summed E-state index contributed by atoms with van der Waals surface area (Å²) in [6, 6.07) is 7.26. The fourth-order valence-corrected chi connectivity index (χ4v) is 1.87. The van der Waals surface area contributed by atoms with Gasteiger partial charge in [-0.3, -0.25) is 10.1 Å². The predicted molar refractivity (Wildman–Crippen MR) is 71.0 cm³/mol. The number of esters is 1. The van der Waals surface area contributed by atoms with E-state index in [-0.39, 0.29) is 11.5 Å². The van der Waals surface area contributed by atoms with E-state index in [1.54, 1.807) is 24.5 Å². The molecule has 0 saturated heterocycles. The van der Waals surface area contributed by atoms with Gasteiger partial charge in [-0.15, -0.1) is 0 Å². The number of nitrogens with zero attached hydrogens (tertiary/aromatic N) is 3. The van der Waals surface area contributed by atoms with Crippen molar-refractivity contribution in [3.63, 3.8) is 0 Å². The van der Waals surface area contributed by atoms with Crippen molar-refractivity contribution < 1.29 is 18.9 Å². The molecule has 2 heterocycles. The molecule has 8 nitrogen and oxygen atoms in total. The van der Waals surface area contributed by atoms with Crippen molar-refractivity contribution in [3.8, 4) is 5.75 Å². The maximum Gasteiger partial charge on any atom is 0.433 e. The minimum atomic E-state index is -0.807. The van der Waals surface area contributed by atoms with Crippen LogP contribution < -0.4 is 4.74 Å². The molecule has 0 fully saturated rings. The number of ether oxygens (including phenoxy) is 1. The van der Waals surface area contributed by atoms with E-state index in [1.807, 2.05) is 11.6 Å². The van der Waals surface area contributed by atoms with Crippen molar-refractivity contribution in [1.82, 2.24) is 9.55 Å². The van der Waals surface area contributed by atoms with E-state index in [4.69, 9.17) is 9.15 Å². The third-order valence-electron chi connectivity index (χ3n) is 2.88. The van der Waals surface area contributed by atoms with E-state index in [9.17, 15) is 14.9 Å². The maximum atomic E-state index is 11.8. The molecule has 0 spiro atoms. The number of hydrogen-bond donors (Lipinski definition) is 0. The number of aryl methyl sites for hydroxylation is 1. The molecule has 0 N–H and O–H groups in total. The van der Waals surface area contributed by atoms with Crippen LogP contribution >= 0.6 is 0 Å². The molecule has 0 amide bonds. The summed E-state index contributed by atoms with van der Waals surface area (Å²) in [6.07, 6.45) is 1.64. The SMILES string of the molecule is Cn1cnc2cc(OC(=O)c3ccc([N+](=O)[O-])o3)ccc21. The molecular weight excluding hydrogens is 278 g/mol. The number of nitro groups is 1. The molecule has 0 atom stereocenters. The number of aromatic nitrogens is 2. The van der Waals surface area contributed by atoms with Crippen LogP contribution in [0.1, 0.15) is 10.6 Å². The Hall–Kier alpha value is -3.16. The first-order valence-corrected chi connectivity index (χ1v) is 5.92. The second-order valence-corrected chi connectivity index (χ2v) is 4.29. The lowest BCUT2D eigenvalue weighted by atomic mass is 10.3. The third kappa shape index (κ3) is 2.34. The van der Waals surface area contributed by atoms with E-state index in [0.29, 0.717) is 5.52 Å². The van der Waals surface area contributed by atoms with Gasteiger partial charge in [0.25, 0.3) is 0 Å². The van der Waals surface area contributed by atoms with Crippen LogP contribution in [-0.4, -0.2) is 20.4 Å². The lowest BCUT2D eigenvalue weighted by molar-refractivity contribution is -0.402. The number of carbonyl (C=O) groups is 1. The Morgan fingerprint density at radius 2 is 2.19 bits per heavy atom. The molecule has 0 unspecified atom stereocenters. The summed E-state index contributed by atoms with van der Waals surface area (Å²) < 4.78 is 11.7. The van der Waals surface area contributed by atoms with Crippen LogP contribution in [0.3, 0.4) is 0 Å². The number of furan rings is 1. The molecule has 1 aromatic carbocycles. The van der Waals surface area contributed by atoms with Gasteiger partial charge in [0.05, 0.1) is 23.4 Å². The summed E-state index contributed by atoms with van der Waals surface area (Å²) in [5.41, 5.74) is 1.57. The third-order valence-corrected chi connectivity index (χ3v) is 2.88. The second kappa shape index (κ2) is 4.75. The topological polar surface area (TPSA) is 100 Å². The van der Waals surface area contributed by atoms with Crippen molar-refractivity contribution in [2.45, 2.75) is 0 Å². The van der Waals surface area contributed by atoms with Gasteiger partial charge in [-0.1, -0.05) is 0 Å². The summed E-state index contributed by atoms with van der Waals surface area (Å²) in [5.74, 6) is -1.27. The highest BCUT2D eigenvalue weighted by Crippen LogP contribution is 2.22. The van der Waals surface area contributed by atoms with Crippen LogP contribution in [0.25, 0.3) is 11.0 Å². The standard InChI is InChI=1S/C13H9N3O5/c1-15-7-14-9-6-8(2-3-10(9)15)20-13(17)11-4-5-12(21-11)16(18)19/h2-7H,1H3. The monoisotopic (exact) mass is 287 g/mol. The highest BCUT2D eigenvalue weighted by atomic mass is 16.7. The average molecular weight is 287 g/mol. The van der Waals surface area contributed by atoms with Crippen molar-refractivity contribution in [2.75, 3.05) is 0 Å². The maximum absolute atomic E-state index is 11.8. The highest BCUT2D eigenvalue weighted by Gasteiger charge is 2.19. The van der Waals surface area contributed by atoms with E-state index >= 15 is 0 Å². The minimum Gasteiger partial charge on any atom is -0.421 e. The molecule has 0 radical (unpaired) electrons. The Morgan fingerprint density at radius 3 is 2.90 bits per heavy atom. The lowest BCUT2D eigenvalue weighted by Crippen LogP contribution is -2.07. The van der Waals surface area contributed by atoms with Gasteiger partial charge in [0.2, 0.25) is 5.76 Å². The second-order valence-electron chi connectivity index (χ2n) is 4.29. The highest BCUT2D eigenvalue weighted by molar-refractivity contribution is 5.89. The molecule has 0 bridgehead atoms. The van der Waals surface area contributed by atoms with Crippen LogP contribution in [0, 0.1) is 10.1 Å². The van der Waals surface area contributed by atoms with E-state index < -0.39 is 16.8 Å². The molecule has 8 heteroatoms. The smallest absolute Gasteiger partial charge is 0.421 e. The number of imidazole rings is 1. The number of rotatable bonds is 3. The number of fused-ring (bicyclic) bond motifs is 1. The van der Waals surface area contributed by atoms with Crippen LogP contribution in [0.2, 0.25) is 0 Å². The molecular formula is C13H9N3O5. The van der Waals surface area contributed by atoms with E-state index in [2.05, 4.69) is 4.98 Å². The minimum absolute atomic E-state index is 0.234. The van der Waals surface area contributed by atoms with E-state index in [0.717, 1.165) is 11.6 Å². The van der Waals surface area contributed by atoms with Gasteiger partial charge in [-0.25, -0.2) is 9.78 Å². The number of benzene rings is 1. The summed E-state index contributed by atoms with van der Waals surface area (Å²) in [7, 11) is 1.85. The van der Waals surface area contributed by atoms with Gasteiger partial charge in [-0.05, 0) is 18.2 Å². The fourth-order valence-electron chi connectivity index (χ4n) is 1.87. The van der Waals surface area contributed by atoms with Crippen molar-refractivity contribution in [1.29, 1.82) is 0 Å². The van der Waals surface area contributed by atoms with Gasteiger partial charge in [-0.2, -0.15) is 0 Å². The quantitative estimate of drug-likeness (QED) is 0.317. The Kier molecular flexibility index (Phi) is 2.90. The summed E-state index contributed by atoms with van der Waals surface area (Å²) in [4.78, 5) is 25.7. The zero-order valence-corrected chi connectivity index (χ0v) is 10.8. The Bertz CT molecular complexity index is 848. The molecule has 2 aromatic heterocycles. The summed E-state index contributed by atoms with van der Waals surface area (Å²) >= 11 is 0. The van der Waals surface area contributed by atoms with Gasteiger partial charge >= 0.3 is 11.9 Å². The normalized spacial score (nSPS) is 10.7. The number of carbonyl (C=O) groups excluding carboxylic acids is 1. The molecule has 3 rings (SSSR count). The first-order chi connectivity index (χ1) is 10.0. The van der Waals surface area contributed by atoms with Gasteiger partial charge in [0, 0.05) is 13.1 Å². The number of hydrogen-bond acceptors (Lipinski definition) is 6. The van der Waals surface area contributed by atoms with Crippen molar-refractivity contribution in [2.24, 2.45) is 7.05 Å². The molecule has 21 heavy (non-hydrogen) atoms. The van der Waals surface area contributed by atoms with Crippen molar-refractivity contribution in [3.05, 3.63) is 52.5 Å². The van der Waals surface area contributed by atoms with Crippen LogP contribution in [0.5, 0.6) is 5.75 Å². The molecule has 0 saturated carbocycles. The Balaban J connectivity index is 1.83. The van der Waals surface area contributed by atoms with Crippen molar-refractivity contribution >= 4 is 22.9 Å². The van der Waals surface area contributed by atoms with Crippen LogP contribution in [-0.2, 0) is 7.05 Å². The van der Waals surface area contributed by atoms with Gasteiger partial charge < -0.3 is 13.7 Å². The first-order valence-electron chi connectivity index (χ1n) is 5.92. The van der Waals surface area contributed by atoms with Gasteiger partial charge in [0.15, 0.2) is 0 Å². The Morgan fingerprint density at radius 1 is 1.38 bits per heavy atom. The summed E-state index contributed by atoms with van der Waals surface area (Å²) in [5, 5.41) is 10.5.